The zero-order chi connectivity index (χ0) is 18.8. The third-order valence-corrected chi connectivity index (χ3v) is 5.17. The monoisotopic (exact) mass is 366 g/mol. The molecule has 0 unspecified atom stereocenters. The maximum absolute atomic E-state index is 12.3. The van der Waals surface area contributed by atoms with Crippen molar-refractivity contribution in [2.24, 2.45) is 0 Å². The molecule has 1 amide bonds. The minimum absolute atomic E-state index is 0.166. The molecule has 1 N–H and O–H groups in total. The molecule has 7 heteroatoms. The molecule has 0 spiro atoms. The fraction of sp³-hybridized carbons (Fsp3) is 0.263. The summed E-state index contributed by atoms with van der Waals surface area (Å²) in [7, 11) is 0. The Balaban J connectivity index is 1.71. The molecule has 0 radical (unpaired) electrons. The van der Waals surface area contributed by atoms with Gasteiger partial charge in [-0.1, -0.05) is 11.8 Å². The number of pyridine rings is 1. The minimum Gasteiger partial charge on any atom is -0.441 e. The number of carbonyl (C=O) groups excluding carboxylic acids is 1. The Labute approximate surface area is 155 Å². The molecule has 0 saturated heterocycles. The number of aryl methyl sites for hydroxylation is 2. The molecule has 2 aromatic heterocycles. The number of nitriles is 1. The number of carbonyl (C=O) groups is 1. The van der Waals surface area contributed by atoms with Gasteiger partial charge in [-0.3, -0.25) is 4.79 Å². The molecule has 0 bridgehead atoms. The predicted molar refractivity (Wildman–Crippen MR) is 101 cm³/mol. The first-order valence-electron chi connectivity index (χ1n) is 8.06. The largest absolute Gasteiger partial charge is 0.441 e. The maximum Gasteiger partial charge on any atom is 0.234 e. The van der Waals surface area contributed by atoms with Crippen LogP contribution in [-0.4, -0.2) is 21.6 Å². The first-order chi connectivity index (χ1) is 12.4. The van der Waals surface area contributed by atoms with Crippen LogP contribution in [0.2, 0.25) is 0 Å². The zero-order valence-corrected chi connectivity index (χ0v) is 15.8. The number of nitrogens with one attached hydrogen (secondary N) is 1. The second kappa shape index (κ2) is 7.18. The second-order valence-corrected chi connectivity index (χ2v) is 6.96. The maximum atomic E-state index is 12.3. The summed E-state index contributed by atoms with van der Waals surface area (Å²) >= 11 is 1.26. The number of aromatic nitrogens is 2. The smallest absolute Gasteiger partial charge is 0.234 e. The summed E-state index contributed by atoms with van der Waals surface area (Å²) in [6.45, 7) is 7.53. The zero-order valence-electron chi connectivity index (χ0n) is 15.0. The first-order valence-corrected chi connectivity index (χ1v) is 9.05. The van der Waals surface area contributed by atoms with Crippen LogP contribution in [0.25, 0.3) is 11.1 Å². The van der Waals surface area contributed by atoms with Crippen molar-refractivity contribution in [3.8, 4) is 6.07 Å². The minimum atomic E-state index is -0.170. The van der Waals surface area contributed by atoms with Crippen molar-refractivity contribution >= 4 is 34.5 Å². The summed E-state index contributed by atoms with van der Waals surface area (Å²) in [5.74, 6) is 0.579. The number of thioether (sulfide) groups is 1. The van der Waals surface area contributed by atoms with Gasteiger partial charge in [0.25, 0.3) is 0 Å². The van der Waals surface area contributed by atoms with E-state index in [0.717, 1.165) is 16.8 Å². The number of benzene rings is 1. The van der Waals surface area contributed by atoms with E-state index in [4.69, 9.17) is 4.42 Å². The Kier molecular flexibility index (Phi) is 4.96. The lowest BCUT2D eigenvalue weighted by molar-refractivity contribution is -0.113. The third-order valence-electron chi connectivity index (χ3n) is 4.19. The van der Waals surface area contributed by atoms with Crippen LogP contribution in [0.1, 0.15) is 28.3 Å². The quantitative estimate of drug-likeness (QED) is 0.700. The number of anilines is 1. The van der Waals surface area contributed by atoms with Gasteiger partial charge >= 0.3 is 0 Å². The lowest BCUT2D eigenvalue weighted by atomic mass is 10.1. The molecule has 0 aliphatic carbocycles. The highest BCUT2D eigenvalue weighted by molar-refractivity contribution is 8.00. The van der Waals surface area contributed by atoms with Gasteiger partial charge in [0.05, 0.1) is 11.3 Å². The Morgan fingerprint density at radius 2 is 2.00 bits per heavy atom. The van der Waals surface area contributed by atoms with Gasteiger partial charge in [-0.05, 0) is 50.1 Å². The molecule has 26 heavy (non-hydrogen) atoms. The predicted octanol–water partition coefficient (Wildman–Crippen LogP) is 4.06. The van der Waals surface area contributed by atoms with Crippen LogP contribution in [0.15, 0.2) is 27.6 Å². The molecule has 0 saturated carbocycles. The topological polar surface area (TPSA) is 91.8 Å². The lowest BCUT2D eigenvalue weighted by Gasteiger charge is -2.11. The van der Waals surface area contributed by atoms with E-state index in [-0.39, 0.29) is 11.7 Å². The van der Waals surface area contributed by atoms with Crippen molar-refractivity contribution < 1.29 is 9.21 Å². The molecule has 0 aliphatic heterocycles. The van der Waals surface area contributed by atoms with Crippen molar-refractivity contribution in [3.05, 3.63) is 46.5 Å². The average Bonchev–Trinajstić information content (AvgIpc) is 2.97. The summed E-state index contributed by atoms with van der Waals surface area (Å²) < 4.78 is 5.42. The van der Waals surface area contributed by atoms with Crippen molar-refractivity contribution in [1.29, 1.82) is 5.26 Å². The van der Waals surface area contributed by atoms with Crippen LogP contribution in [0.3, 0.4) is 0 Å². The summed E-state index contributed by atoms with van der Waals surface area (Å²) in [6, 6.07) is 7.52. The van der Waals surface area contributed by atoms with Crippen LogP contribution in [0.4, 0.5) is 5.69 Å². The second-order valence-electron chi connectivity index (χ2n) is 5.99. The summed E-state index contributed by atoms with van der Waals surface area (Å²) in [5, 5.41) is 12.8. The molecule has 132 valence electrons. The molecular formula is C19H18N4O2S. The Bertz CT molecular complexity index is 1050. The molecule has 2 heterocycles. The molecule has 6 nitrogen and oxygen atoms in total. The van der Waals surface area contributed by atoms with Crippen molar-refractivity contribution in [2.45, 2.75) is 32.7 Å². The number of oxazole rings is 1. The van der Waals surface area contributed by atoms with Crippen LogP contribution in [0.5, 0.6) is 0 Å². The average molecular weight is 366 g/mol. The van der Waals surface area contributed by atoms with Gasteiger partial charge in [0.1, 0.15) is 16.6 Å². The van der Waals surface area contributed by atoms with Gasteiger partial charge in [-0.15, -0.1) is 0 Å². The van der Waals surface area contributed by atoms with E-state index in [0.29, 0.717) is 33.3 Å². The number of nitrogens with zero attached hydrogens (tertiary/aromatic N) is 3. The number of hydrogen-bond donors (Lipinski definition) is 1. The Morgan fingerprint density at radius 3 is 2.73 bits per heavy atom. The van der Waals surface area contributed by atoms with Crippen molar-refractivity contribution in [1.82, 2.24) is 9.97 Å². The lowest BCUT2D eigenvalue weighted by Crippen LogP contribution is -2.14. The van der Waals surface area contributed by atoms with Crippen molar-refractivity contribution in [2.75, 3.05) is 11.1 Å². The molecule has 1 aromatic carbocycles. The Hall–Kier alpha value is -2.85. The Morgan fingerprint density at radius 1 is 1.23 bits per heavy atom. The summed E-state index contributed by atoms with van der Waals surface area (Å²) in [6.07, 6.45) is 0. The van der Waals surface area contributed by atoms with Gasteiger partial charge in [0.15, 0.2) is 11.5 Å². The van der Waals surface area contributed by atoms with Crippen LogP contribution < -0.4 is 5.32 Å². The van der Waals surface area contributed by atoms with E-state index in [1.165, 1.54) is 11.8 Å². The number of rotatable bonds is 4. The van der Waals surface area contributed by atoms with Crippen LogP contribution >= 0.6 is 11.8 Å². The molecule has 0 atom stereocenters. The van der Waals surface area contributed by atoms with Crippen molar-refractivity contribution in [3.63, 3.8) is 0 Å². The van der Waals surface area contributed by atoms with Gasteiger partial charge in [0.2, 0.25) is 5.91 Å². The van der Waals surface area contributed by atoms with E-state index in [1.54, 1.807) is 25.1 Å². The highest BCUT2D eigenvalue weighted by Crippen LogP contribution is 2.26. The molecular weight excluding hydrogens is 348 g/mol. The number of amides is 1. The molecule has 0 fully saturated rings. The first kappa shape index (κ1) is 18.0. The highest BCUT2D eigenvalue weighted by Gasteiger charge is 2.14. The van der Waals surface area contributed by atoms with E-state index in [1.807, 2.05) is 20.8 Å². The third kappa shape index (κ3) is 3.55. The number of fused-ring (bicyclic) bond motifs is 1. The number of hydrogen-bond acceptors (Lipinski definition) is 6. The van der Waals surface area contributed by atoms with E-state index < -0.39 is 0 Å². The fourth-order valence-electron chi connectivity index (χ4n) is 2.60. The highest BCUT2D eigenvalue weighted by atomic mass is 32.2. The van der Waals surface area contributed by atoms with Crippen LogP contribution in [0, 0.1) is 39.0 Å². The van der Waals surface area contributed by atoms with Gasteiger partial charge in [-0.25, -0.2) is 9.97 Å². The molecule has 3 rings (SSSR count). The SMILES string of the molecule is Cc1nc2cc(NC(=O)CSc3nc(C)c(C)c(C)c3C#N)ccc2o1. The molecule has 3 aromatic rings. The normalized spacial score (nSPS) is 10.7. The fourth-order valence-corrected chi connectivity index (χ4v) is 3.48. The van der Waals surface area contributed by atoms with E-state index in [2.05, 4.69) is 21.4 Å². The van der Waals surface area contributed by atoms with Gasteiger partial charge in [-0.2, -0.15) is 5.26 Å². The van der Waals surface area contributed by atoms with Crippen LogP contribution in [-0.2, 0) is 4.79 Å². The van der Waals surface area contributed by atoms with Gasteiger partial charge in [0, 0.05) is 18.3 Å². The summed E-state index contributed by atoms with van der Waals surface area (Å²) in [5.41, 5.74) is 5.36. The van der Waals surface area contributed by atoms with E-state index >= 15 is 0 Å². The van der Waals surface area contributed by atoms with E-state index in [9.17, 15) is 10.1 Å². The van der Waals surface area contributed by atoms with Gasteiger partial charge < -0.3 is 9.73 Å². The summed E-state index contributed by atoms with van der Waals surface area (Å²) in [4.78, 5) is 21.0. The standard InChI is InChI=1S/C19H18N4O2S/c1-10-11(2)15(8-20)19(21-12(10)3)26-9-18(24)23-14-5-6-17-16(7-14)22-13(4)25-17/h5-7H,9H2,1-4H3,(H,23,24). The molecule has 0 aliphatic rings.